The molecule has 3 fully saturated rings. The van der Waals surface area contributed by atoms with Crippen LogP contribution >= 0.6 is 0 Å². The number of carbonyl (C=O) groups excluding carboxylic acids is 5. The number of methoxy groups -OCH3 is 2. The molecular weight excluding hydrogens is 753 g/mol. The van der Waals surface area contributed by atoms with Crippen molar-refractivity contribution in [3.63, 3.8) is 0 Å². The van der Waals surface area contributed by atoms with Gasteiger partial charge in [-0.05, 0) is 116 Å². The number of hydrogen-bond acceptors (Lipinski definition) is 10. The second kappa shape index (κ2) is 15.0. The Hall–Kier alpha value is -5.89. The second-order valence-electron chi connectivity index (χ2n) is 16.8. The van der Waals surface area contributed by atoms with Gasteiger partial charge in [0, 0.05) is 69.8 Å². The van der Waals surface area contributed by atoms with Gasteiger partial charge in [0.1, 0.15) is 23.1 Å². The molecule has 4 aliphatic heterocycles. The lowest BCUT2D eigenvalue weighted by molar-refractivity contribution is -0.136. The molecule has 1 aliphatic carbocycles. The van der Waals surface area contributed by atoms with E-state index >= 15 is 0 Å². The highest BCUT2D eigenvalue weighted by atomic mass is 16.5. The molecule has 306 valence electrons. The SMILES string of the molecule is CCn1cc(-c2cc(OC)c(C(=O)N3CCC4(CCC(CN5Cc6cc7c(cc6C5)C(=O)N(C5CCC(=O)NC5=O)C7=O)CC4)CC3)c(OC)c2)c2ccncc2c1=O. The quantitative estimate of drug-likeness (QED) is 0.242. The van der Waals surface area contributed by atoms with Gasteiger partial charge in [-0.2, -0.15) is 0 Å². The Morgan fingerprint density at radius 3 is 2.08 bits per heavy atom. The van der Waals surface area contributed by atoms with E-state index in [9.17, 15) is 28.8 Å². The van der Waals surface area contributed by atoms with E-state index in [-0.39, 0.29) is 29.7 Å². The number of carbonyl (C=O) groups is 5. The number of piperidine rings is 2. The van der Waals surface area contributed by atoms with E-state index in [1.165, 1.54) is 0 Å². The summed E-state index contributed by atoms with van der Waals surface area (Å²) in [4.78, 5) is 87.7. The maximum Gasteiger partial charge on any atom is 0.262 e. The lowest BCUT2D eigenvalue weighted by Gasteiger charge is -2.46. The van der Waals surface area contributed by atoms with E-state index in [0.29, 0.717) is 72.2 Å². The molecular formula is C45H48N6O8. The minimum absolute atomic E-state index is 0.0928. The highest BCUT2D eigenvalue weighted by molar-refractivity contribution is 6.23. The molecule has 1 saturated carbocycles. The average molecular weight is 801 g/mol. The molecule has 1 unspecified atom stereocenters. The van der Waals surface area contributed by atoms with Crippen LogP contribution in [0.2, 0.25) is 0 Å². The van der Waals surface area contributed by atoms with Crippen molar-refractivity contribution in [3.05, 3.63) is 87.1 Å². The standard InChI is InChI=1S/C45H48N6O8/c1-4-49-25-34(30-9-14-46-21-33(30)41(49)54)27-19-36(58-2)39(37(20-27)59-3)44(57)50-15-12-45(13-16-50)10-7-26(8-11-45)22-48-23-28-17-31-32(18-29(28)24-48)43(56)51(42(31)55)35-5-6-38(52)47-40(35)53/h9,14,17-21,25-26,35H,4-8,10-13,15-16,22-24H2,1-3H3,(H,47,52,53). The van der Waals surface area contributed by atoms with Crippen molar-refractivity contribution in [2.24, 2.45) is 11.3 Å². The van der Waals surface area contributed by atoms with E-state index in [1.54, 1.807) is 31.2 Å². The van der Waals surface area contributed by atoms with Gasteiger partial charge < -0.3 is 18.9 Å². The van der Waals surface area contributed by atoms with Gasteiger partial charge in [-0.3, -0.25) is 48.9 Å². The third-order valence-corrected chi connectivity index (χ3v) is 13.6. The average Bonchev–Trinajstić information content (AvgIpc) is 3.76. The number of hydrogen-bond donors (Lipinski definition) is 1. The fraction of sp³-hybridized carbons (Fsp3) is 0.444. The number of aromatic nitrogens is 2. The van der Waals surface area contributed by atoms with Crippen molar-refractivity contribution in [1.29, 1.82) is 0 Å². The van der Waals surface area contributed by atoms with Crippen LogP contribution in [0, 0.1) is 11.3 Å². The number of benzene rings is 2. The summed E-state index contributed by atoms with van der Waals surface area (Å²) in [6, 6.07) is 8.22. The molecule has 1 spiro atoms. The van der Waals surface area contributed by atoms with E-state index in [4.69, 9.17) is 9.47 Å². The lowest BCUT2D eigenvalue weighted by Crippen LogP contribution is -2.54. The van der Waals surface area contributed by atoms with Crippen molar-refractivity contribution in [2.45, 2.75) is 84.0 Å². The molecule has 5 amide bonds. The molecule has 5 aliphatic rings. The molecule has 6 heterocycles. The highest BCUT2D eigenvalue weighted by Crippen LogP contribution is 2.48. The number of fused-ring (bicyclic) bond motifs is 3. The molecule has 9 rings (SSSR count). The first-order valence-corrected chi connectivity index (χ1v) is 20.6. The number of likely N-dealkylation sites (tertiary alicyclic amines) is 1. The van der Waals surface area contributed by atoms with Crippen molar-refractivity contribution >= 4 is 40.3 Å². The summed E-state index contributed by atoms with van der Waals surface area (Å²) >= 11 is 0. The zero-order valence-corrected chi connectivity index (χ0v) is 33.7. The number of aryl methyl sites for hydroxylation is 1. The van der Waals surface area contributed by atoms with Gasteiger partial charge in [0.15, 0.2) is 0 Å². The van der Waals surface area contributed by atoms with Gasteiger partial charge in [-0.1, -0.05) is 0 Å². The fourth-order valence-electron chi connectivity index (χ4n) is 10.2. The molecule has 59 heavy (non-hydrogen) atoms. The van der Waals surface area contributed by atoms with Crippen LogP contribution in [0.15, 0.2) is 53.7 Å². The minimum atomic E-state index is -0.969. The zero-order chi connectivity index (χ0) is 41.2. The summed E-state index contributed by atoms with van der Waals surface area (Å²) in [7, 11) is 3.11. The summed E-state index contributed by atoms with van der Waals surface area (Å²) in [6.45, 7) is 6.07. The maximum atomic E-state index is 14.2. The first-order valence-electron chi connectivity index (χ1n) is 20.6. The molecule has 2 saturated heterocycles. The smallest absolute Gasteiger partial charge is 0.262 e. The van der Waals surface area contributed by atoms with E-state index in [1.807, 2.05) is 48.4 Å². The monoisotopic (exact) mass is 800 g/mol. The predicted octanol–water partition coefficient (Wildman–Crippen LogP) is 4.93. The van der Waals surface area contributed by atoms with Gasteiger partial charge in [-0.25, -0.2) is 0 Å². The number of ether oxygens (including phenoxy) is 2. The van der Waals surface area contributed by atoms with E-state index in [0.717, 1.165) is 77.6 Å². The molecule has 0 bridgehead atoms. The van der Waals surface area contributed by atoms with Crippen LogP contribution in [-0.2, 0) is 29.2 Å². The van der Waals surface area contributed by atoms with Crippen molar-refractivity contribution in [1.82, 2.24) is 29.6 Å². The van der Waals surface area contributed by atoms with Gasteiger partial charge in [0.05, 0.1) is 30.7 Å². The third kappa shape index (κ3) is 6.67. The van der Waals surface area contributed by atoms with Gasteiger partial charge in [0.25, 0.3) is 23.3 Å². The molecule has 14 nitrogen and oxygen atoms in total. The van der Waals surface area contributed by atoms with E-state index in [2.05, 4.69) is 15.2 Å². The molecule has 4 aromatic rings. The van der Waals surface area contributed by atoms with Crippen molar-refractivity contribution in [3.8, 4) is 22.6 Å². The molecule has 14 heteroatoms. The Morgan fingerprint density at radius 1 is 0.847 bits per heavy atom. The van der Waals surface area contributed by atoms with Crippen molar-refractivity contribution in [2.75, 3.05) is 33.9 Å². The maximum absolute atomic E-state index is 14.2. The normalized spacial score (nSPS) is 20.6. The molecule has 2 aromatic carbocycles. The van der Waals surface area contributed by atoms with Crippen LogP contribution in [0.4, 0.5) is 0 Å². The summed E-state index contributed by atoms with van der Waals surface area (Å²) in [6.07, 6.45) is 11.6. The summed E-state index contributed by atoms with van der Waals surface area (Å²) < 4.78 is 13.3. The number of imide groups is 2. The number of rotatable bonds is 8. The van der Waals surface area contributed by atoms with Crippen molar-refractivity contribution < 1.29 is 33.4 Å². The second-order valence-corrected chi connectivity index (χ2v) is 16.8. The summed E-state index contributed by atoms with van der Waals surface area (Å²) in [5.41, 5.74) is 4.83. The fourth-order valence-corrected chi connectivity index (χ4v) is 10.2. The third-order valence-electron chi connectivity index (χ3n) is 13.6. The summed E-state index contributed by atoms with van der Waals surface area (Å²) in [5.74, 6) is -0.680. The van der Waals surface area contributed by atoms with Crippen LogP contribution in [0.25, 0.3) is 21.9 Å². The Balaban J connectivity index is 0.821. The predicted molar refractivity (Wildman–Crippen MR) is 217 cm³/mol. The molecule has 1 N–H and O–H groups in total. The Morgan fingerprint density at radius 2 is 1.49 bits per heavy atom. The topological polar surface area (TPSA) is 160 Å². The van der Waals surface area contributed by atoms with E-state index < -0.39 is 29.7 Å². The zero-order valence-electron chi connectivity index (χ0n) is 33.7. The molecule has 0 radical (unpaired) electrons. The number of nitrogens with one attached hydrogen (secondary N) is 1. The highest BCUT2D eigenvalue weighted by Gasteiger charge is 2.46. The Bertz CT molecular complexity index is 2420. The van der Waals surface area contributed by atoms with Crippen LogP contribution < -0.4 is 20.3 Å². The largest absolute Gasteiger partial charge is 0.496 e. The van der Waals surface area contributed by atoms with Crippen LogP contribution in [0.5, 0.6) is 11.5 Å². The molecule has 2 aromatic heterocycles. The van der Waals surface area contributed by atoms with Gasteiger partial charge >= 0.3 is 0 Å². The van der Waals surface area contributed by atoms with Crippen LogP contribution in [-0.4, -0.2) is 93.7 Å². The first-order chi connectivity index (χ1) is 28.5. The Kier molecular flexibility index (Phi) is 9.85. The number of nitrogens with zero attached hydrogens (tertiary/aromatic N) is 5. The van der Waals surface area contributed by atoms with Gasteiger partial charge in [-0.15, -0.1) is 0 Å². The number of amides is 5. The lowest BCUT2D eigenvalue weighted by atomic mass is 9.65. The number of pyridine rings is 2. The molecule has 1 atom stereocenters. The van der Waals surface area contributed by atoms with Gasteiger partial charge in [0.2, 0.25) is 11.8 Å². The minimum Gasteiger partial charge on any atom is -0.496 e. The van der Waals surface area contributed by atoms with Crippen LogP contribution in [0.3, 0.4) is 0 Å². The first kappa shape index (κ1) is 38.6. The van der Waals surface area contributed by atoms with Crippen LogP contribution in [0.1, 0.15) is 100 Å². The summed E-state index contributed by atoms with van der Waals surface area (Å²) in [5, 5.41) is 3.54. The Labute approximate surface area is 341 Å².